The number of hydrogen-bond acceptors (Lipinski definition) is 2. The van der Waals surface area contributed by atoms with Crippen molar-refractivity contribution in [3.63, 3.8) is 0 Å². The van der Waals surface area contributed by atoms with E-state index < -0.39 is 11.9 Å². The third kappa shape index (κ3) is 5.26. The molecule has 1 aromatic carbocycles. The standard InChI is InChI=1S/C16H20O4/c1-2-3-4-5-7-12-8-6-9-13(10-12)14(16(19)20)11-15(17)18/h6,8-11H,2-5,7H2,1H3,(H,17,18)(H,19,20)/b14-11-. The van der Waals surface area contributed by atoms with Crippen LogP contribution in [0.4, 0.5) is 0 Å². The number of carbonyl (C=O) groups is 2. The lowest BCUT2D eigenvalue weighted by Crippen LogP contribution is -2.03. The van der Waals surface area contributed by atoms with Crippen molar-refractivity contribution in [2.75, 3.05) is 0 Å². The lowest BCUT2D eigenvalue weighted by Gasteiger charge is -2.06. The molecule has 0 saturated carbocycles. The Morgan fingerprint density at radius 1 is 1.15 bits per heavy atom. The van der Waals surface area contributed by atoms with E-state index in [1.165, 1.54) is 12.8 Å². The van der Waals surface area contributed by atoms with E-state index >= 15 is 0 Å². The molecular formula is C16H20O4. The number of carboxylic acid groups (broad SMARTS) is 2. The van der Waals surface area contributed by atoms with Crippen LogP contribution in [0, 0.1) is 0 Å². The van der Waals surface area contributed by atoms with E-state index in [0.717, 1.165) is 30.9 Å². The van der Waals surface area contributed by atoms with Gasteiger partial charge in [0.2, 0.25) is 0 Å². The molecule has 20 heavy (non-hydrogen) atoms. The Kier molecular flexibility index (Phi) is 6.50. The van der Waals surface area contributed by atoms with Crippen LogP contribution in [-0.2, 0) is 16.0 Å². The first-order valence-corrected chi connectivity index (χ1v) is 6.81. The molecule has 0 bridgehead atoms. The summed E-state index contributed by atoms with van der Waals surface area (Å²) < 4.78 is 0. The van der Waals surface area contributed by atoms with Crippen molar-refractivity contribution in [1.29, 1.82) is 0 Å². The van der Waals surface area contributed by atoms with Gasteiger partial charge in [-0.3, -0.25) is 0 Å². The highest BCUT2D eigenvalue weighted by Crippen LogP contribution is 2.18. The Bertz CT molecular complexity index is 503. The minimum atomic E-state index is -1.25. The molecule has 0 heterocycles. The molecular weight excluding hydrogens is 256 g/mol. The molecule has 0 unspecified atom stereocenters. The van der Waals surface area contributed by atoms with Gasteiger partial charge >= 0.3 is 11.9 Å². The Balaban J connectivity index is 2.85. The molecule has 0 radical (unpaired) electrons. The van der Waals surface area contributed by atoms with Crippen LogP contribution in [0.15, 0.2) is 30.3 Å². The van der Waals surface area contributed by atoms with Gasteiger partial charge in [0, 0.05) is 6.08 Å². The van der Waals surface area contributed by atoms with Crippen molar-refractivity contribution in [1.82, 2.24) is 0 Å². The third-order valence-corrected chi connectivity index (χ3v) is 3.06. The average molecular weight is 276 g/mol. The van der Waals surface area contributed by atoms with E-state index in [-0.39, 0.29) is 5.57 Å². The Labute approximate surface area is 118 Å². The number of aryl methyl sites for hydroxylation is 1. The van der Waals surface area contributed by atoms with Gasteiger partial charge in [-0.15, -0.1) is 0 Å². The van der Waals surface area contributed by atoms with Crippen molar-refractivity contribution in [2.45, 2.75) is 39.0 Å². The van der Waals surface area contributed by atoms with Gasteiger partial charge in [-0.2, -0.15) is 0 Å². The minimum Gasteiger partial charge on any atom is -0.478 e. The van der Waals surface area contributed by atoms with Crippen LogP contribution in [0.2, 0.25) is 0 Å². The molecule has 0 saturated heterocycles. The Hall–Kier alpha value is -2.10. The predicted molar refractivity (Wildman–Crippen MR) is 77.5 cm³/mol. The van der Waals surface area contributed by atoms with Gasteiger partial charge in [0.05, 0.1) is 5.57 Å². The van der Waals surface area contributed by atoms with Crippen LogP contribution in [-0.4, -0.2) is 22.2 Å². The lowest BCUT2D eigenvalue weighted by atomic mass is 9.99. The number of unbranched alkanes of at least 4 members (excludes halogenated alkanes) is 3. The van der Waals surface area contributed by atoms with E-state index in [9.17, 15) is 9.59 Å². The van der Waals surface area contributed by atoms with Crippen molar-refractivity contribution < 1.29 is 19.8 Å². The first kappa shape index (κ1) is 16.0. The SMILES string of the molecule is CCCCCCc1cccc(/C(=C/C(=O)O)C(=O)O)c1. The zero-order chi connectivity index (χ0) is 15.0. The van der Waals surface area contributed by atoms with E-state index in [1.807, 2.05) is 6.07 Å². The molecule has 1 rings (SSSR count). The monoisotopic (exact) mass is 276 g/mol. The molecule has 0 aliphatic rings. The quantitative estimate of drug-likeness (QED) is 0.564. The molecule has 2 N–H and O–H groups in total. The molecule has 0 amide bonds. The summed E-state index contributed by atoms with van der Waals surface area (Å²) in [7, 11) is 0. The summed E-state index contributed by atoms with van der Waals surface area (Å²) in [6.45, 7) is 2.15. The molecule has 0 aliphatic carbocycles. The highest BCUT2D eigenvalue weighted by Gasteiger charge is 2.12. The maximum absolute atomic E-state index is 11.1. The zero-order valence-electron chi connectivity index (χ0n) is 11.6. The van der Waals surface area contributed by atoms with Gasteiger partial charge in [0.15, 0.2) is 0 Å². The van der Waals surface area contributed by atoms with E-state index in [1.54, 1.807) is 18.2 Å². The second-order valence-corrected chi connectivity index (χ2v) is 4.71. The van der Waals surface area contributed by atoms with Crippen molar-refractivity contribution >= 4 is 17.5 Å². The summed E-state index contributed by atoms with van der Waals surface area (Å²) in [5.74, 6) is -2.48. The minimum absolute atomic E-state index is 0.187. The summed E-state index contributed by atoms with van der Waals surface area (Å²) >= 11 is 0. The van der Waals surface area contributed by atoms with Gasteiger partial charge in [0.1, 0.15) is 0 Å². The fourth-order valence-corrected chi connectivity index (χ4v) is 2.04. The van der Waals surface area contributed by atoms with Crippen LogP contribution >= 0.6 is 0 Å². The highest BCUT2D eigenvalue weighted by atomic mass is 16.4. The molecule has 108 valence electrons. The Morgan fingerprint density at radius 2 is 1.90 bits per heavy atom. The number of rotatable bonds is 8. The van der Waals surface area contributed by atoms with Gasteiger partial charge < -0.3 is 10.2 Å². The molecule has 0 fully saturated rings. The molecule has 0 spiro atoms. The maximum Gasteiger partial charge on any atom is 0.336 e. The maximum atomic E-state index is 11.1. The first-order chi connectivity index (χ1) is 9.54. The second kappa shape index (κ2) is 8.15. The highest BCUT2D eigenvalue weighted by molar-refractivity contribution is 6.19. The lowest BCUT2D eigenvalue weighted by molar-refractivity contribution is -0.133. The van der Waals surface area contributed by atoms with Crippen LogP contribution in [0.5, 0.6) is 0 Å². The number of aliphatic carboxylic acids is 2. The fourth-order valence-electron chi connectivity index (χ4n) is 2.04. The van der Waals surface area contributed by atoms with Crippen molar-refractivity contribution in [3.05, 3.63) is 41.5 Å². The number of carboxylic acids is 2. The van der Waals surface area contributed by atoms with Gasteiger partial charge in [-0.05, 0) is 24.0 Å². The van der Waals surface area contributed by atoms with E-state index in [0.29, 0.717) is 5.56 Å². The van der Waals surface area contributed by atoms with Crippen molar-refractivity contribution in [2.24, 2.45) is 0 Å². The fraction of sp³-hybridized carbons (Fsp3) is 0.375. The first-order valence-electron chi connectivity index (χ1n) is 6.81. The van der Waals surface area contributed by atoms with Crippen LogP contribution < -0.4 is 0 Å². The largest absolute Gasteiger partial charge is 0.478 e. The smallest absolute Gasteiger partial charge is 0.336 e. The number of benzene rings is 1. The molecule has 4 heteroatoms. The average Bonchev–Trinajstić information content (AvgIpc) is 2.41. The second-order valence-electron chi connectivity index (χ2n) is 4.71. The molecule has 0 atom stereocenters. The topological polar surface area (TPSA) is 74.6 Å². The van der Waals surface area contributed by atoms with E-state index in [2.05, 4.69) is 6.92 Å². The summed E-state index contributed by atoms with van der Waals surface area (Å²) in [4.78, 5) is 21.8. The summed E-state index contributed by atoms with van der Waals surface area (Å²) in [5.41, 5.74) is 1.29. The molecule has 1 aromatic rings. The number of hydrogen-bond donors (Lipinski definition) is 2. The van der Waals surface area contributed by atoms with E-state index in [4.69, 9.17) is 10.2 Å². The predicted octanol–water partition coefficient (Wildman–Crippen LogP) is 3.36. The molecule has 0 aromatic heterocycles. The van der Waals surface area contributed by atoms with Gasteiger partial charge in [0.25, 0.3) is 0 Å². The molecule has 4 nitrogen and oxygen atoms in total. The summed E-state index contributed by atoms with van der Waals surface area (Å²) in [6.07, 6.45) is 6.19. The third-order valence-electron chi connectivity index (χ3n) is 3.06. The van der Waals surface area contributed by atoms with Crippen LogP contribution in [0.1, 0.15) is 43.7 Å². The Morgan fingerprint density at radius 3 is 2.50 bits per heavy atom. The molecule has 0 aliphatic heterocycles. The van der Waals surface area contributed by atoms with Gasteiger partial charge in [-0.1, -0.05) is 50.5 Å². The van der Waals surface area contributed by atoms with Crippen LogP contribution in [0.3, 0.4) is 0 Å². The normalized spacial score (nSPS) is 11.3. The summed E-state index contributed by atoms with van der Waals surface area (Å²) in [5, 5.41) is 17.8. The van der Waals surface area contributed by atoms with Crippen molar-refractivity contribution in [3.8, 4) is 0 Å². The zero-order valence-corrected chi connectivity index (χ0v) is 11.6. The van der Waals surface area contributed by atoms with Crippen LogP contribution in [0.25, 0.3) is 5.57 Å². The summed E-state index contributed by atoms with van der Waals surface area (Å²) in [6, 6.07) is 7.09. The van der Waals surface area contributed by atoms with Gasteiger partial charge in [-0.25, -0.2) is 9.59 Å².